The van der Waals surface area contributed by atoms with Crippen LogP contribution in [0.25, 0.3) is 0 Å². The van der Waals surface area contributed by atoms with E-state index in [9.17, 15) is 8.42 Å². The maximum absolute atomic E-state index is 12.0. The zero-order chi connectivity index (χ0) is 13.2. The molecule has 0 fully saturated rings. The first kappa shape index (κ1) is 12.7. The number of aryl methyl sites for hydroxylation is 2. The molecule has 2 aromatic heterocycles. The second-order valence-corrected chi connectivity index (χ2v) is 5.52. The molecular weight excluding hydrogens is 256 g/mol. The Bertz CT molecular complexity index is 596. The molecule has 2 N–H and O–H groups in total. The predicted octanol–water partition coefficient (Wildman–Crippen LogP) is -0.403. The topological polar surface area (TPSA) is 106 Å². The third kappa shape index (κ3) is 2.57. The number of aromatic amines is 1. The van der Waals surface area contributed by atoms with Gasteiger partial charge >= 0.3 is 0 Å². The van der Waals surface area contributed by atoms with Gasteiger partial charge in [-0.25, -0.2) is 18.1 Å². The molecule has 18 heavy (non-hydrogen) atoms. The van der Waals surface area contributed by atoms with Crippen LogP contribution < -0.4 is 4.72 Å². The van der Waals surface area contributed by atoms with Crippen LogP contribution in [0.1, 0.15) is 11.4 Å². The zero-order valence-corrected chi connectivity index (χ0v) is 10.9. The fraction of sp³-hybridized carbons (Fsp3) is 0.444. The molecule has 0 atom stereocenters. The van der Waals surface area contributed by atoms with Crippen molar-refractivity contribution in [3.8, 4) is 0 Å². The molecule has 98 valence electrons. The average Bonchev–Trinajstić information content (AvgIpc) is 2.89. The molecule has 9 heteroatoms. The van der Waals surface area contributed by atoms with E-state index in [0.717, 1.165) is 0 Å². The second-order valence-electron chi connectivity index (χ2n) is 3.82. The van der Waals surface area contributed by atoms with Crippen LogP contribution in [0.15, 0.2) is 17.6 Å². The molecule has 0 aliphatic heterocycles. The van der Waals surface area contributed by atoms with Gasteiger partial charge in [0.25, 0.3) is 0 Å². The van der Waals surface area contributed by atoms with Crippen molar-refractivity contribution in [2.75, 3.05) is 6.54 Å². The van der Waals surface area contributed by atoms with Gasteiger partial charge < -0.3 is 0 Å². The molecule has 0 aliphatic rings. The Morgan fingerprint density at radius 1 is 1.44 bits per heavy atom. The molecule has 2 aromatic rings. The van der Waals surface area contributed by atoms with Crippen molar-refractivity contribution in [3.63, 3.8) is 0 Å². The summed E-state index contributed by atoms with van der Waals surface area (Å²) in [6, 6.07) is 0. The van der Waals surface area contributed by atoms with Crippen LogP contribution in [0.3, 0.4) is 0 Å². The first-order chi connectivity index (χ1) is 8.50. The second kappa shape index (κ2) is 4.86. The van der Waals surface area contributed by atoms with Crippen LogP contribution >= 0.6 is 0 Å². The van der Waals surface area contributed by atoms with E-state index in [1.807, 2.05) is 0 Å². The van der Waals surface area contributed by atoms with Gasteiger partial charge in [0.15, 0.2) is 0 Å². The Balaban J connectivity index is 2.04. The van der Waals surface area contributed by atoms with E-state index < -0.39 is 10.0 Å². The van der Waals surface area contributed by atoms with Crippen molar-refractivity contribution in [2.45, 2.75) is 25.3 Å². The average molecular weight is 270 g/mol. The number of H-pyrrole nitrogens is 1. The molecule has 0 aromatic carbocycles. The molecule has 0 amide bonds. The lowest BCUT2D eigenvalue weighted by Gasteiger charge is -2.06. The summed E-state index contributed by atoms with van der Waals surface area (Å²) in [5.74, 6) is 0. The summed E-state index contributed by atoms with van der Waals surface area (Å²) in [5, 5.41) is 10.4. The Morgan fingerprint density at radius 3 is 2.78 bits per heavy atom. The molecule has 0 spiro atoms. The fourth-order valence-corrected chi connectivity index (χ4v) is 3.04. The molecule has 0 radical (unpaired) electrons. The highest BCUT2D eigenvalue weighted by Crippen LogP contribution is 2.15. The Labute approximate surface area is 104 Å². The monoisotopic (exact) mass is 270 g/mol. The molecule has 2 rings (SSSR count). The summed E-state index contributed by atoms with van der Waals surface area (Å²) in [5.41, 5.74) is 0.988. The van der Waals surface area contributed by atoms with E-state index in [1.165, 1.54) is 12.7 Å². The number of aromatic nitrogens is 5. The minimum absolute atomic E-state index is 0.209. The molecule has 0 unspecified atom stereocenters. The third-order valence-electron chi connectivity index (χ3n) is 2.43. The summed E-state index contributed by atoms with van der Waals surface area (Å²) in [6.45, 7) is 3.99. The van der Waals surface area contributed by atoms with Gasteiger partial charge in [-0.1, -0.05) is 0 Å². The van der Waals surface area contributed by atoms with Crippen molar-refractivity contribution in [3.05, 3.63) is 24.0 Å². The lowest BCUT2D eigenvalue weighted by atomic mass is 10.4. The number of rotatable bonds is 5. The summed E-state index contributed by atoms with van der Waals surface area (Å²) >= 11 is 0. The molecular formula is C9H14N6O2S. The van der Waals surface area contributed by atoms with Gasteiger partial charge in [-0.05, 0) is 13.8 Å². The van der Waals surface area contributed by atoms with E-state index in [-0.39, 0.29) is 11.4 Å². The van der Waals surface area contributed by atoms with Crippen molar-refractivity contribution in [1.82, 2.24) is 29.7 Å². The van der Waals surface area contributed by atoms with Gasteiger partial charge in [-0.2, -0.15) is 10.2 Å². The molecule has 2 heterocycles. The quantitative estimate of drug-likeness (QED) is 0.768. The highest BCUT2D eigenvalue weighted by molar-refractivity contribution is 7.89. The number of sulfonamides is 1. The van der Waals surface area contributed by atoms with Crippen LogP contribution in [-0.4, -0.2) is 39.9 Å². The van der Waals surface area contributed by atoms with Gasteiger partial charge in [0.05, 0.1) is 17.9 Å². The standard InChI is InChI=1S/C9H14N6O2S/c1-7-9(8(2)14-13-7)18(16,17)12-3-4-15-6-10-5-11-15/h5-6,12H,3-4H2,1-2H3,(H,13,14). The number of nitrogens with zero attached hydrogens (tertiary/aromatic N) is 4. The van der Waals surface area contributed by atoms with E-state index >= 15 is 0 Å². The minimum Gasteiger partial charge on any atom is -0.281 e. The fourth-order valence-electron chi connectivity index (χ4n) is 1.65. The molecule has 8 nitrogen and oxygen atoms in total. The van der Waals surface area contributed by atoms with E-state index in [1.54, 1.807) is 18.5 Å². The first-order valence-corrected chi connectivity index (χ1v) is 6.82. The van der Waals surface area contributed by atoms with Crippen molar-refractivity contribution < 1.29 is 8.42 Å². The summed E-state index contributed by atoms with van der Waals surface area (Å²) < 4.78 is 28.2. The SMILES string of the molecule is Cc1n[nH]c(C)c1S(=O)(=O)NCCn1cncn1. The van der Waals surface area contributed by atoms with E-state index in [2.05, 4.69) is 25.0 Å². The van der Waals surface area contributed by atoms with Crippen LogP contribution in [0.5, 0.6) is 0 Å². The molecule has 0 saturated carbocycles. The Morgan fingerprint density at radius 2 is 2.22 bits per heavy atom. The number of hydrogen-bond acceptors (Lipinski definition) is 5. The van der Waals surface area contributed by atoms with Crippen LogP contribution in [-0.2, 0) is 16.6 Å². The zero-order valence-electron chi connectivity index (χ0n) is 10.1. The maximum Gasteiger partial charge on any atom is 0.244 e. The van der Waals surface area contributed by atoms with E-state index in [0.29, 0.717) is 17.9 Å². The lowest BCUT2D eigenvalue weighted by molar-refractivity contribution is 0.559. The van der Waals surface area contributed by atoms with Gasteiger partial charge in [0.2, 0.25) is 10.0 Å². The van der Waals surface area contributed by atoms with Crippen molar-refractivity contribution in [1.29, 1.82) is 0 Å². The number of hydrogen-bond donors (Lipinski definition) is 2. The van der Waals surface area contributed by atoms with Gasteiger partial charge in [0.1, 0.15) is 17.6 Å². The van der Waals surface area contributed by atoms with E-state index in [4.69, 9.17) is 0 Å². The Hall–Kier alpha value is -1.74. The van der Waals surface area contributed by atoms with Crippen LogP contribution in [0.4, 0.5) is 0 Å². The van der Waals surface area contributed by atoms with Crippen molar-refractivity contribution in [2.24, 2.45) is 0 Å². The Kier molecular flexibility index (Phi) is 3.43. The van der Waals surface area contributed by atoms with Gasteiger partial charge in [-0.3, -0.25) is 9.78 Å². The van der Waals surface area contributed by atoms with Gasteiger partial charge in [-0.15, -0.1) is 0 Å². The third-order valence-corrected chi connectivity index (χ3v) is 4.15. The molecule has 0 aliphatic carbocycles. The van der Waals surface area contributed by atoms with Crippen molar-refractivity contribution >= 4 is 10.0 Å². The minimum atomic E-state index is -3.54. The largest absolute Gasteiger partial charge is 0.281 e. The number of nitrogens with one attached hydrogen (secondary N) is 2. The highest BCUT2D eigenvalue weighted by Gasteiger charge is 2.21. The smallest absolute Gasteiger partial charge is 0.244 e. The summed E-state index contributed by atoms with van der Waals surface area (Å²) in [4.78, 5) is 3.98. The van der Waals surface area contributed by atoms with Crippen LogP contribution in [0, 0.1) is 13.8 Å². The van der Waals surface area contributed by atoms with Crippen LogP contribution in [0.2, 0.25) is 0 Å². The maximum atomic E-state index is 12.0. The summed E-state index contributed by atoms with van der Waals surface area (Å²) in [7, 11) is -3.54. The first-order valence-electron chi connectivity index (χ1n) is 5.34. The highest BCUT2D eigenvalue weighted by atomic mass is 32.2. The normalized spacial score (nSPS) is 11.9. The molecule has 0 saturated heterocycles. The molecule has 0 bridgehead atoms. The lowest BCUT2D eigenvalue weighted by Crippen LogP contribution is -2.28. The summed E-state index contributed by atoms with van der Waals surface area (Å²) in [6.07, 6.45) is 2.93. The van der Waals surface area contributed by atoms with Gasteiger partial charge in [0, 0.05) is 6.54 Å². The predicted molar refractivity (Wildman–Crippen MR) is 63.3 cm³/mol.